The van der Waals surface area contributed by atoms with Crippen molar-refractivity contribution in [2.75, 3.05) is 13.6 Å². The van der Waals surface area contributed by atoms with Crippen molar-refractivity contribution in [3.8, 4) is 0 Å². The second kappa shape index (κ2) is 5.50. The average molecular weight is 250 g/mol. The molecule has 0 aliphatic heterocycles. The van der Waals surface area contributed by atoms with Crippen LogP contribution in [0.15, 0.2) is 27.4 Å². The Kier molecular flexibility index (Phi) is 3.78. The van der Waals surface area contributed by atoms with Gasteiger partial charge < -0.3 is 14.5 Å². The van der Waals surface area contributed by atoms with Gasteiger partial charge in [0.2, 0.25) is 0 Å². The quantitative estimate of drug-likeness (QED) is 0.766. The van der Waals surface area contributed by atoms with Crippen molar-refractivity contribution >= 4 is 17.1 Å². The fraction of sp³-hybridized carbons (Fsp3) is 0.333. The van der Waals surface area contributed by atoms with Crippen LogP contribution in [0.3, 0.4) is 0 Å². The molecule has 0 amide bonds. The molecule has 0 atom stereocenters. The number of carbonyl (C=O) groups is 1. The lowest BCUT2D eigenvalue weighted by molar-refractivity contribution is -0.144. The number of carbonyl (C=O) groups excluding carboxylic acids is 1. The van der Waals surface area contributed by atoms with Crippen LogP contribution in [0.25, 0.3) is 11.1 Å². The molecular formula is C12H14N2O4. The number of aromatic amines is 1. The molecule has 0 spiro atoms. The molecule has 0 bridgehead atoms. The molecule has 0 radical (unpaired) electrons. The molecule has 18 heavy (non-hydrogen) atoms. The molecule has 0 fully saturated rings. The zero-order valence-electron chi connectivity index (χ0n) is 9.99. The molecule has 0 aliphatic rings. The van der Waals surface area contributed by atoms with Crippen LogP contribution in [0.4, 0.5) is 0 Å². The van der Waals surface area contributed by atoms with E-state index in [4.69, 9.17) is 9.15 Å². The molecule has 0 saturated heterocycles. The summed E-state index contributed by atoms with van der Waals surface area (Å²) in [6.07, 6.45) is 0.331. The number of oxazole rings is 1. The van der Waals surface area contributed by atoms with Crippen LogP contribution in [0.2, 0.25) is 0 Å². The first-order valence-corrected chi connectivity index (χ1v) is 5.61. The molecule has 6 nitrogen and oxygen atoms in total. The number of nitrogens with one attached hydrogen (secondary N) is 2. The first kappa shape index (κ1) is 12.4. The number of fused-ring (bicyclic) bond motifs is 1. The van der Waals surface area contributed by atoms with E-state index in [1.54, 1.807) is 25.2 Å². The normalized spacial score (nSPS) is 10.7. The Bertz CT molecular complexity index is 599. The summed E-state index contributed by atoms with van der Waals surface area (Å²) >= 11 is 0. The number of hydrogen-bond acceptors (Lipinski definition) is 5. The molecule has 1 aromatic heterocycles. The Morgan fingerprint density at radius 1 is 1.50 bits per heavy atom. The largest absolute Gasteiger partial charge is 0.461 e. The van der Waals surface area contributed by atoms with Gasteiger partial charge in [0.25, 0.3) is 0 Å². The van der Waals surface area contributed by atoms with Gasteiger partial charge in [-0.3, -0.25) is 9.78 Å². The van der Waals surface area contributed by atoms with Gasteiger partial charge in [0.15, 0.2) is 5.58 Å². The first-order chi connectivity index (χ1) is 8.69. The van der Waals surface area contributed by atoms with Crippen molar-refractivity contribution < 1.29 is 13.9 Å². The molecule has 1 aromatic carbocycles. The van der Waals surface area contributed by atoms with Gasteiger partial charge in [-0.25, -0.2) is 4.79 Å². The van der Waals surface area contributed by atoms with E-state index in [-0.39, 0.29) is 12.6 Å². The van der Waals surface area contributed by atoms with Crippen LogP contribution in [0, 0.1) is 0 Å². The average Bonchev–Trinajstić information content (AvgIpc) is 2.73. The van der Waals surface area contributed by atoms with Gasteiger partial charge >= 0.3 is 11.7 Å². The minimum absolute atomic E-state index is 0.174. The van der Waals surface area contributed by atoms with Gasteiger partial charge in [-0.2, -0.15) is 0 Å². The van der Waals surface area contributed by atoms with Gasteiger partial charge in [0, 0.05) is 6.54 Å². The third kappa shape index (κ3) is 2.98. The summed E-state index contributed by atoms with van der Waals surface area (Å²) in [5.41, 5.74) is 1.87. The van der Waals surface area contributed by atoms with E-state index in [0.29, 0.717) is 24.1 Å². The van der Waals surface area contributed by atoms with Crippen LogP contribution >= 0.6 is 0 Å². The highest BCUT2D eigenvalue weighted by Crippen LogP contribution is 2.13. The van der Waals surface area contributed by atoms with E-state index in [2.05, 4.69) is 10.3 Å². The maximum Gasteiger partial charge on any atom is 0.417 e. The molecule has 2 N–H and O–H groups in total. The highest BCUT2D eigenvalue weighted by molar-refractivity contribution is 5.73. The summed E-state index contributed by atoms with van der Waals surface area (Å²) in [4.78, 5) is 24.8. The van der Waals surface area contributed by atoms with Gasteiger partial charge in [0.05, 0.1) is 11.9 Å². The van der Waals surface area contributed by atoms with E-state index in [0.717, 1.165) is 5.56 Å². The maximum absolute atomic E-state index is 11.3. The number of rotatable bonds is 5. The maximum atomic E-state index is 11.3. The Labute approximate surface area is 103 Å². The summed E-state index contributed by atoms with van der Waals surface area (Å²) in [6, 6.07) is 5.18. The van der Waals surface area contributed by atoms with Gasteiger partial charge in [-0.15, -0.1) is 0 Å². The molecule has 2 aromatic rings. The van der Waals surface area contributed by atoms with E-state index < -0.39 is 5.76 Å². The molecule has 0 aliphatic carbocycles. The molecule has 6 heteroatoms. The highest BCUT2D eigenvalue weighted by atomic mass is 16.5. The van der Waals surface area contributed by atoms with Crippen LogP contribution in [-0.4, -0.2) is 24.5 Å². The molecule has 0 unspecified atom stereocenters. The molecule has 1 heterocycles. The predicted octanol–water partition coefficient (Wildman–Crippen LogP) is 0.774. The van der Waals surface area contributed by atoms with Crippen LogP contribution in [0.1, 0.15) is 12.0 Å². The summed E-state index contributed by atoms with van der Waals surface area (Å²) in [5.74, 6) is -0.756. The molecule has 2 rings (SSSR count). The monoisotopic (exact) mass is 250 g/mol. The number of benzene rings is 1. The van der Waals surface area contributed by atoms with Crippen molar-refractivity contribution in [2.45, 2.75) is 13.0 Å². The summed E-state index contributed by atoms with van der Waals surface area (Å²) < 4.78 is 10.00. The SMILES string of the molecule is CNCCC(=O)OCc1ccc2[nH]c(=O)oc2c1. The standard InChI is InChI=1S/C12H14N2O4/c1-13-5-4-11(15)17-7-8-2-3-9-10(6-8)18-12(16)14-9/h2-3,6,13H,4-5,7H2,1H3,(H,14,16). The molecular weight excluding hydrogens is 236 g/mol. The van der Waals surface area contributed by atoms with Crippen molar-refractivity contribution in [3.63, 3.8) is 0 Å². The lowest BCUT2D eigenvalue weighted by Crippen LogP contribution is -2.14. The fourth-order valence-electron chi connectivity index (χ4n) is 1.54. The highest BCUT2D eigenvalue weighted by Gasteiger charge is 2.05. The third-order valence-corrected chi connectivity index (χ3v) is 2.46. The van der Waals surface area contributed by atoms with Crippen molar-refractivity contribution in [1.29, 1.82) is 0 Å². The van der Waals surface area contributed by atoms with Crippen molar-refractivity contribution in [2.24, 2.45) is 0 Å². The zero-order chi connectivity index (χ0) is 13.0. The zero-order valence-corrected chi connectivity index (χ0v) is 9.99. The fourth-order valence-corrected chi connectivity index (χ4v) is 1.54. The summed E-state index contributed by atoms with van der Waals surface area (Å²) in [7, 11) is 1.77. The molecule has 96 valence electrons. The van der Waals surface area contributed by atoms with Crippen molar-refractivity contribution in [1.82, 2.24) is 10.3 Å². The second-order valence-corrected chi connectivity index (χ2v) is 3.86. The lowest BCUT2D eigenvalue weighted by atomic mass is 10.2. The summed E-state index contributed by atoms with van der Waals surface area (Å²) in [5, 5.41) is 2.87. The van der Waals surface area contributed by atoms with Crippen molar-refractivity contribution in [3.05, 3.63) is 34.3 Å². The van der Waals surface area contributed by atoms with Gasteiger partial charge in [0.1, 0.15) is 6.61 Å². The van der Waals surface area contributed by atoms with E-state index in [9.17, 15) is 9.59 Å². The minimum atomic E-state index is -0.492. The first-order valence-electron chi connectivity index (χ1n) is 5.61. The Morgan fingerprint density at radius 2 is 2.33 bits per heavy atom. The van der Waals surface area contributed by atoms with Gasteiger partial charge in [-0.1, -0.05) is 6.07 Å². The number of H-pyrrole nitrogens is 1. The van der Waals surface area contributed by atoms with E-state index in [1.165, 1.54) is 0 Å². The lowest BCUT2D eigenvalue weighted by Gasteiger charge is -2.04. The Morgan fingerprint density at radius 3 is 3.11 bits per heavy atom. The van der Waals surface area contributed by atoms with E-state index in [1.807, 2.05) is 0 Å². The second-order valence-electron chi connectivity index (χ2n) is 3.86. The number of ether oxygens (including phenoxy) is 1. The number of aromatic nitrogens is 1. The third-order valence-electron chi connectivity index (χ3n) is 2.46. The van der Waals surface area contributed by atoms with Crippen LogP contribution in [0.5, 0.6) is 0 Å². The summed E-state index contributed by atoms with van der Waals surface area (Å²) in [6.45, 7) is 0.762. The smallest absolute Gasteiger partial charge is 0.417 e. The minimum Gasteiger partial charge on any atom is -0.461 e. The van der Waals surface area contributed by atoms with Crippen LogP contribution in [-0.2, 0) is 16.1 Å². The van der Waals surface area contributed by atoms with E-state index >= 15 is 0 Å². The number of esters is 1. The Balaban J connectivity index is 1.99. The predicted molar refractivity (Wildman–Crippen MR) is 65.2 cm³/mol. The molecule has 0 saturated carbocycles. The topological polar surface area (TPSA) is 84.3 Å². The van der Waals surface area contributed by atoms with Gasteiger partial charge in [-0.05, 0) is 24.7 Å². The van der Waals surface area contributed by atoms with Crippen LogP contribution < -0.4 is 11.1 Å². The Hall–Kier alpha value is -2.08. The number of hydrogen-bond donors (Lipinski definition) is 2.